The topological polar surface area (TPSA) is 43.1 Å². The largest absolute Gasteiger partial charge is 0.369 e. The van der Waals surface area contributed by atoms with Gasteiger partial charge in [-0.05, 0) is 46.9 Å². The number of hydrogen-bond acceptors (Lipinski definition) is 1. The van der Waals surface area contributed by atoms with Crippen LogP contribution in [-0.4, -0.2) is 5.91 Å². The summed E-state index contributed by atoms with van der Waals surface area (Å²) in [5, 5.41) is 3.34. The van der Waals surface area contributed by atoms with E-state index in [1.807, 2.05) is 24.3 Å². The maximum Gasteiger partial charge on any atom is 0.221 e. The molecule has 0 aliphatic rings. The number of fused-ring (bicyclic) bond motifs is 1. The highest BCUT2D eigenvalue weighted by Crippen LogP contribution is 2.25. The van der Waals surface area contributed by atoms with E-state index < -0.39 is 0 Å². The Hall–Kier alpha value is -2.03. The first-order chi connectivity index (χ1) is 11.5. The highest BCUT2D eigenvalue weighted by Gasteiger charge is 2.17. The smallest absolute Gasteiger partial charge is 0.221 e. The second kappa shape index (κ2) is 7.25. The van der Waals surface area contributed by atoms with Crippen LogP contribution in [0.5, 0.6) is 0 Å². The third-order valence-electron chi connectivity index (χ3n) is 4.16. The molecule has 0 aromatic heterocycles. The number of halogens is 2. The van der Waals surface area contributed by atoms with E-state index in [-0.39, 0.29) is 11.8 Å². The van der Waals surface area contributed by atoms with E-state index in [2.05, 4.69) is 24.3 Å². The number of primary amides is 1. The number of carbonyl (C=O) groups is 1. The van der Waals surface area contributed by atoms with Gasteiger partial charge in [0, 0.05) is 5.92 Å². The molecule has 0 aliphatic heterocycles. The number of rotatable bonds is 5. The zero-order chi connectivity index (χ0) is 17.1. The number of benzene rings is 3. The first-order valence-electron chi connectivity index (χ1n) is 7.74. The van der Waals surface area contributed by atoms with E-state index in [1.54, 1.807) is 12.1 Å². The van der Waals surface area contributed by atoms with Crippen molar-refractivity contribution in [2.75, 3.05) is 0 Å². The molecule has 0 saturated carbocycles. The summed E-state index contributed by atoms with van der Waals surface area (Å²) in [6.45, 7) is 0. The van der Waals surface area contributed by atoms with Crippen LogP contribution >= 0.6 is 23.2 Å². The normalized spacial score (nSPS) is 12.2. The van der Waals surface area contributed by atoms with E-state index in [0.29, 0.717) is 22.9 Å². The molecule has 0 radical (unpaired) electrons. The molecule has 3 rings (SSSR count). The van der Waals surface area contributed by atoms with Gasteiger partial charge in [0.15, 0.2) is 0 Å². The maximum absolute atomic E-state index is 11.9. The fourth-order valence-corrected chi connectivity index (χ4v) is 3.20. The van der Waals surface area contributed by atoms with Crippen LogP contribution in [0.2, 0.25) is 10.0 Å². The average Bonchev–Trinajstić information content (AvgIpc) is 2.57. The molecule has 0 bridgehead atoms. The zero-order valence-corrected chi connectivity index (χ0v) is 14.5. The van der Waals surface area contributed by atoms with Crippen LogP contribution in [0.4, 0.5) is 0 Å². The molecule has 3 aromatic carbocycles. The summed E-state index contributed by atoms with van der Waals surface area (Å²) in [4.78, 5) is 11.9. The predicted octanol–water partition coefficient (Wildman–Crippen LogP) is 5.03. The molecule has 1 atom stereocenters. The van der Waals surface area contributed by atoms with Gasteiger partial charge in [-0.15, -0.1) is 0 Å². The summed E-state index contributed by atoms with van der Waals surface area (Å²) in [5.74, 6) is -0.599. The van der Waals surface area contributed by atoms with Crippen molar-refractivity contribution in [2.45, 2.75) is 12.8 Å². The van der Waals surface area contributed by atoms with Gasteiger partial charge in [-0.2, -0.15) is 0 Å². The highest BCUT2D eigenvalue weighted by atomic mass is 35.5. The van der Waals surface area contributed by atoms with Gasteiger partial charge in [0.1, 0.15) is 0 Å². The van der Waals surface area contributed by atoms with E-state index in [9.17, 15) is 4.79 Å². The summed E-state index contributed by atoms with van der Waals surface area (Å²) >= 11 is 12.0. The molecule has 2 N–H and O–H groups in total. The van der Waals surface area contributed by atoms with Gasteiger partial charge in [-0.1, -0.05) is 71.7 Å². The Kier molecular flexibility index (Phi) is 5.08. The predicted molar refractivity (Wildman–Crippen MR) is 101 cm³/mol. The minimum Gasteiger partial charge on any atom is -0.369 e. The van der Waals surface area contributed by atoms with Crippen molar-refractivity contribution in [2.24, 2.45) is 11.7 Å². The monoisotopic (exact) mass is 357 g/mol. The Labute approximate surface area is 151 Å². The molecule has 2 nitrogen and oxygen atoms in total. The molecule has 0 spiro atoms. The van der Waals surface area contributed by atoms with Gasteiger partial charge >= 0.3 is 0 Å². The van der Waals surface area contributed by atoms with Gasteiger partial charge in [0.05, 0.1) is 10.0 Å². The van der Waals surface area contributed by atoms with E-state index in [1.165, 1.54) is 5.39 Å². The Balaban J connectivity index is 1.82. The first kappa shape index (κ1) is 16.8. The number of amides is 1. The van der Waals surface area contributed by atoms with E-state index in [4.69, 9.17) is 28.9 Å². The lowest BCUT2D eigenvalue weighted by atomic mass is 9.91. The molecule has 24 heavy (non-hydrogen) atoms. The summed E-state index contributed by atoms with van der Waals surface area (Å²) in [7, 11) is 0. The Morgan fingerprint density at radius 2 is 1.46 bits per heavy atom. The molecular formula is C20H17Cl2NO. The minimum atomic E-state index is -0.311. The van der Waals surface area contributed by atoms with Gasteiger partial charge in [-0.25, -0.2) is 0 Å². The maximum atomic E-state index is 11.9. The average molecular weight is 358 g/mol. The molecule has 3 aromatic rings. The van der Waals surface area contributed by atoms with Crippen LogP contribution in [0, 0.1) is 5.92 Å². The number of hydrogen-bond donors (Lipinski definition) is 1. The minimum absolute atomic E-state index is 0.289. The van der Waals surface area contributed by atoms with Crippen LogP contribution in [0.15, 0.2) is 60.7 Å². The number of carbonyl (C=O) groups excluding carboxylic acids is 1. The van der Waals surface area contributed by atoms with Gasteiger partial charge in [-0.3, -0.25) is 4.79 Å². The summed E-state index contributed by atoms with van der Waals surface area (Å²) in [6.07, 6.45) is 1.14. The van der Waals surface area contributed by atoms with Crippen LogP contribution in [-0.2, 0) is 17.6 Å². The summed E-state index contributed by atoms with van der Waals surface area (Å²) in [5.41, 5.74) is 7.66. The van der Waals surface area contributed by atoms with E-state index >= 15 is 0 Å². The van der Waals surface area contributed by atoms with Crippen LogP contribution < -0.4 is 5.73 Å². The molecule has 0 heterocycles. The Morgan fingerprint density at radius 3 is 2.12 bits per heavy atom. The molecule has 4 heteroatoms. The van der Waals surface area contributed by atoms with Gasteiger partial charge in [0.25, 0.3) is 0 Å². The van der Waals surface area contributed by atoms with Crippen molar-refractivity contribution >= 4 is 39.9 Å². The van der Waals surface area contributed by atoms with Crippen molar-refractivity contribution < 1.29 is 4.79 Å². The van der Waals surface area contributed by atoms with Crippen molar-refractivity contribution in [3.8, 4) is 0 Å². The van der Waals surface area contributed by atoms with E-state index in [0.717, 1.165) is 16.5 Å². The lowest BCUT2D eigenvalue weighted by Crippen LogP contribution is -2.27. The molecule has 0 fully saturated rings. The van der Waals surface area contributed by atoms with Crippen molar-refractivity contribution in [3.63, 3.8) is 0 Å². The Bertz CT molecular complexity index is 892. The molecule has 0 aliphatic carbocycles. The molecular weight excluding hydrogens is 341 g/mol. The zero-order valence-electron chi connectivity index (χ0n) is 13.0. The molecule has 122 valence electrons. The van der Waals surface area contributed by atoms with Crippen molar-refractivity contribution in [1.29, 1.82) is 0 Å². The second-order valence-electron chi connectivity index (χ2n) is 5.94. The van der Waals surface area contributed by atoms with Gasteiger partial charge < -0.3 is 5.73 Å². The van der Waals surface area contributed by atoms with Crippen LogP contribution in [0.3, 0.4) is 0 Å². The summed E-state index contributed by atoms with van der Waals surface area (Å²) < 4.78 is 0. The third-order valence-corrected chi connectivity index (χ3v) is 4.90. The SMILES string of the molecule is NC(=O)C(Cc1ccc(Cl)c(Cl)c1)Cc1ccc2ccccc2c1. The van der Waals surface area contributed by atoms with Crippen molar-refractivity contribution in [1.82, 2.24) is 0 Å². The summed E-state index contributed by atoms with van der Waals surface area (Å²) in [6, 6.07) is 19.8. The Morgan fingerprint density at radius 1 is 0.833 bits per heavy atom. The first-order valence-corrected chi connectivity index (χ1v) is 8.49. The van der Waals surface area contributed by atoms with Crippen LogP contribution in [0.1, 0.15) is 11.1 Å². The lowest BCUT2D eigenvalue weighted by Gasteiger charge is -2.14. The van der Waals surface area contributed by atoms with Crippen molar-refractivity contribution in [3.05, 3.63) is 81.8 Å². The van der Waals surface area contributed by atoms with Crippen LogP contribution in [0.25, 0.3) is 10.8 Å². The second-order valence-corrected chi connectivity index (χ2v) is 6.75. The number of nitrogens with two attached hydrogens (primary N) is 1. The highest BCUT2D eigenvalue weighted by molar-refractivity contribution is 6.42. The standard InChI is InChI=1S/C20H17Cl2NO/c21-18-8-6-14(12-19(18)22)11-17(20(23)24)10-13-5-7-15-3-1-2-4-16(15)9-13/h1-9,12,17H,10-11H2,(H2,23,24). The fraction of sp³-hybridized carbons (Fsp3) is 0.150. The molecule has 0 saturated heterocycles. The fourth-order valence-electron chi connectivity index (χ4n) is 2.87. The lowest BCUT2D eigenvalue weighted by molar-refractivity contribution is -0.121. The quantitative estimate of drug-likeness (QED) is 0.683. The third kappa shape index (κ3) is 3.89. The van der Waals surface area contributed by atoms with Gasteiger partial charge in [0.2, 0.25) is 5.91 Å². The molecule has 1 unspecified atom stereocenters. The molecule has 1 amide bonds.